The Hall–Kier alpha value is -3.53. The number of H-pyrrole nitrogens is 1. The number of fused-ring (bicyclic) bond motifs is 1. The third-order valence-corrected chi connectivity index (χ3v) is 6.05. The average molecular weight is 448 g/mol. The lowest BCUT2D eigenvalue weighted by Crippen LogP contribution is -2.27. The first-order chi connectivity index (χ1) is 16.3. The molecule has 3 N–H and O–H groups in total. The summed E-state index contributed by atoms with van der Waals surface area (Å²) in [5.41, 5.74) is 4.09. The van der Waals surface area contributed by atoms with Gasteiger partial charge in [-0.05, 0) is 82.3 Å². The van der Waals surface area contributed by atoms with Crippen LogP contribution < -0.4 is 15.4 Å². The van der Waals surface area contributed by atoms with Crippen LogP contribution in [0.15, 0.2) is 36.7 Å². The molecule has 33 heavy (non-hydrogen) atoms. The minimum atomic E-state index is 0.484. The molecule has 0 amide bonds. The summed E-state index contributed by atoms with van der Waals surface area (Å²) in [7, 11) is 0. The van der Waals surface area contributed by atoms with E-state index in [-0.39, 0.29) is 0 Å². The predicted octanol–water partition coefficient (Wildman–Crippen LogP) is 3.40. The fourth-order valence-electron chi connectivity index (χ4n) is 4.28. The highest BCUT2D eigenvalue weighted by Crippen LogP contribution is 2.23. The molecular formula is C23H29N9O. The van der Waals surface area contributed by atoms with E-state index < -0.39 is 0 Å². The Kier molecular flexibility index (Phi) is 6.43. The summed E-state index contributed by atoms with van der Waals surface area (Å²) < 4.78 is 7.23. The number of nitrogens with zero attached hydrogens (tertiary/aromatic N) is 6. The summed E-state index contributed by atoms with van der Waals surface area (Å²) in [4.78, 5) is 9.09. The van der Waals surface area contributed by atoms with Crippen molar-refractivity contribution in [1.29, 1.82) is 0 Å². The molecule has 10 heteroatoms. The first-order valence-corrected chi connectivity index (χ1v) is 11.6. The minimum Gasteiger partial charge on any atom is -0.494 e. The molecule has 0 aliphatic carbocycles. The standard InChI is InChI=1S/C23H29N9O/c1-2-33-18-8-6-17(7-9-18)32-22-21(30-31-32)14-25-23(28-22)27-20-15-26-29-19(20)5-3-4-16-10-12-24-13-11-16/h6-9,14-16,24H,2-5,10-13H2,1H3,(H,26,29)(H,25,27,28). The van der Waals surface area contributed by atoms with Crippen molar-refractivity contribution in [2.45, 2.75) is 39.0 Å². The maximum absolute atomic E-state index is 5.52. The van der Waals surface area contributed by atoms with Gasteiger partial charge in [-0.3, -0.25) is 5.10 Å². The number of hydrogen-bond donors (Lipinski definition) is 3. The van der Waals surface area contributed by atoms with Crippen molar-refractivity contribution < 1.29 is 4.74 Å². The molecule has 0 saturated carbocycles. The van der Waals surface area contributed by atoms with Crippen LogP contribution in [0.3, 0.4) is 0 Å². The molecule has 0 atom stereocenters. The number of rotatable bonds is 9. The fraction of sp³-hybridized carbons (Fsp3) is 0.435. The quantitative estimate of drug-likeness (QED) is 0.357. The molecular weight excluding hydrogens is 418 g/mol. The number of aromatic amines is 1. The van der Waals surface area contributed by atoms with Gasteiger partial charge in [-0.25, -0.2) is 4.98 Å². The number of anilines is 2. The summed E-state index contributed by atoms with van der Waals surface area (Å²) in [6.45, 7) is 4.87. The predicted molar refractivity (Wildman–Crippen MR) is 126 cm³/mol. The second kappa shape index (κ2) is 9.95. The van der Waals surface area contributed by atoms with E-state index >= 15 is 0 Å². The van der Waals surface area contributed by atoms with Gasteiger partial charge in [0.05, 0.1) is 36.1 Å². The molecule has 4 aromatic rings. The number of aromatic nitrogens is 7. The van der Waals surface area contributed by atoms with Gasteiger partial charge in [-0.15, -0.1) is 5.10 Å². The van der Waals surface area contributed by atoms with E-state index in [4.69, 9.17) is 4.74 Å². The Bertz CT molecular complexity index is 1180. The topological polar surface area (TPSA) is 118 Å². The van der Waals surface area contributed by atoms with E-state index in [1.165, 1.54) is 19.3 Å². The lowest BCUT2D eigenvalue weighted by atomic mass is 9.92. The Balaban J connectivity index is 1.29. The molecule has 1 aliphatic heterocycles. The largest absolute Gasteiger partial charge is 0.494 e. The van der Waals surface area contributed by atoms with Crippen LogP contribution in [-0.2, 0) is 6.42 Å². The summed E-state index contributed by atoms with van der Waals surface area (Å²) in [5.74, 6) is 2.12. The lowest BCUT2D eigenvalue weighted by molar-refractivity contribution is 0.340. The summed E-state index contributed by atoms with van der Waals surface area (Å²) in [5, 5.41) is 22.6. The minimum absolute atomic E-state index is 0.484. The normalized spacial score (nSPS) is 14.6. The van der Waals surface area contributed by atoms with Crippen molar-refractivity contribution in [1.82, 2.24) is 40.5 Å². The molecule has 1 aliphatic rings. The molecule has 5 rings (SSSR count). The molecule has 0 spiro atoms. The second-order valence-corrected chi connectivity index (χ2v) is 8.30. The van der Waals surface area contributed by atoms with Crippen molar-refractivity contribution in [3.63, 3.8) is 0 Å². The van der Waals surface area contributed by atoms with Crippen LogP contribution in [0.2, 0.25) is 0 Å². The van der Waals surface area contributed by atoms with E-state index in [0.29, 0.717) is 23.7 Å². The molecule has 3 aromatic heterocycles. The van der Waals surface area contributed by atoms with Crippen LogP contribution in [-0.4, -0.2) is 54.9 Å². The number of ether oxygens (including phenoxy) is 1. The molecule has 172 valence electrons. The number of aryl methyl sites for hydroxylation is 1. The van der Waals surface area contributed by atoms with Gasteiger partial charge >= 0.3 is 0 Å². The molecule has 1 aromatic carbocycles. The molecule has 1 saturated heterocycles. The van der Waals surface area contributed by atoms with Gasteiger partial charge in [-0.1, -0.05) is 5.21 Å². The van der Waals surface area contributed by atoms with E-state index in [9.17, 15) is 0 Å². The second-order valence-electron chi connectivity index (χ2n) is 8.30. The molecule has 4 heterocycles. The van der Waals surface area contributed by atoms with Gasteiger partial charge in [0.2, 0.25) is 5.95 Å². The van der Waals surface area contributed by atoms with Crippen molar-refractivity contribution in [2.75, 3.05) is 25.0 Å². The Morgan fingerprint density at radius 1 is 1.15 bits per heavy atom. The molecule has 0 bridgehead atoms. The lowest BCUT2D eigenvalue weighted by Gasteiger charge is -2.22. The number of nitrogens with one attached hydrogen (secondary N) is 3. The molecule has 0 unspecified atom stereocenters. The number of piperidine rings is 1. The Morgan fingerprint density at radius 3 is 2.82 bits per heavy atom. The van der Waals surface area contributed by atoms with Gasteiger partial charge in [-0.2, -0.15) is 14.8 Å². The first-order valence-electron chi connectivity index (χ1n) is 11.6. The molecule has 0 radical (unpaired) electrons. The Morgan fingerprint density at radius 2 is 2.00 bits per heavy atom. The summed E-state index contributed by atoms with van der Waals surface area (Å²) >= 11 is 0. The monoisotopic (exact) mass is 447 g/mol. The van der Waals surface area contributed by atoms with E-state index in [1.807, 2.05) is 31.2 Å². The van der Waals surface area contributed by atoms with Crippen LogP contribution in [0, 0.1) is 5.92 Å². The van der Waals surface area contributed by atoms with Gasteiger partial charge in [0.15, 0.2) is 11.2 Å². The zero-order valence-corrected chi connectivity index (χ0v) is 18.8. The number of benzene rings is 1. The van der Waals surface area contributed by atoms with Crippen LogP contribution >= 0.6 is 0 Å². The van der Waals surface area contributed by atoms with Gasteiger partial charge < -0.3 is 15.4 Å². The van der Waals surface area contributed by atoms with Crippen LogP contribution in [0.1, 0.15) is 38.3 Å². The van der Waals surface area contributed by atoms with Crippen molar-refractivity contribution in [2.24, 2.45) is 5.92 Å². The maximum atomic E-state index is 5.52. The highest BCUT2D eigenvalue weighted by atomic mass is 16.5. The van der Waals surface area contributed by atoms with E-state index in [0.717, 1.165) is 54.7 Å². The summed E-state index contributed by atoms with van der Waals surface area (Å²) in [6.07, 6.45) is 9.34. The highest BCUT2D eigenvalue weighted by Gasteiger charge is 2.15. The van der Waals surface area contributed by atoms with Crippen LogP contribution in [0.5, 0.6) is 5.75 Å². The summed E-state index contributed by atoms with van der Waals surface area (Å²) in [6, 6.07) is 7.69. The smallest absolute Gasteiger partial charge is 0.229 e. The van der Waals surface area contributed by atoms with Crippen LogP contribution in [0.4, 0.5) is 11.6 Å². The van der Waals surface area contributed by atoms with Gasteiger partial charge in [0.1, 0.15) is 5.75 Å². The highest BCUT2D eigenvalue weighted by molar-refractivity contribution is 5.73. The van der Waals surface area contributed by atoms with Crippen molar-refractivity contribution in [3.8, 4) is 11.4 Å². The third kappa shape index (κ3) is 4.95. The zero-order chi connectivity index (χ0) is 22.5. The van der Waals surface area contributed by atoms with Crippen LogP contribution in [0.25, 0.3) is 16.9 Å². The van der Waals surface area contributed by atoms with Gasteiger partial charge in [0.25, 0.3) is 0 Å². The van der Waals surface area contributed by atoms with E-state index in [1.54, 1.807) is 17.1 Å². The van der Waals surface area contributed by atoms with Crippen molar-refractivity contribution >= 4 is 22.8 Å². The maximum Gasteiger partial charge on any atom is 0.229 e. The van der Waals surface area contributed by atoms with E-state index in [2.05, 4.69) is 41.1 Å². The number of hydrogen-bond acceptors (Lipinski definition) is 8. The molecule has 1 fully saturated rings. The first kappa shape index (κ1) is 21.3. The van der Waals surface area contributed by atoms with Crippen molar-refractivity contribution in [3.05, 3.63) is 42.4 Å². The average Bonchev–Trinajstić information content (AvgIpc) is 3.47. The fourth-order valence-corrected chi connectivity index (χ4v) is 4.28. The Labute approximate surface area is 192 Å². The molecule has 10 nitrogen and oxygen atoms in total. The zero-order valence-electron chi connectivity index (χ0n) is 18.8. The third-order valence-electron chi connectivity index (χ3n) is 6.05. The SMILES string of the molecule is CCOc1ccc(-n2nnc3cnc(Nc4cn[nH]c4CCCC4CCNCC4)nc32)cc1. The van der Waals surface area contributed by atoms with Gasteiger partial charge in [0, 0.05) is 0 Å².